The van der Waals surface area contributed by atoms with Crippen LogP contribution >= 0.6 is 11.6 Å². The molecule has 1 N–H and O–H groups in total. The van der Waals surface area contributed by atoms with E-state index in [-0.39, 0.29) is 0 Å². The third-order valence-electron chi connectivity index (χ3n) is 3.12. The summed E-state index contributed by atoms with van der Waals surface area (Å²) in [7, 11) is 0. The lowest BCUT2D eigenvalue weighted by atomic mass is 10.0. The van der Waals surface area contributed by atoms with E-state index in [9.17, 15) is 5.11 Å². The highest BCUT2D eigenvalue weighted by atomic mass is 35.5. The lowest BCUT2D eigenvalue weighted by Crippen LogP contribution is -1.98. The average Bonchev–Trinajstić information content (AvgIpc) is 2.92. The first-order valence-electron chi connectivity index (χ1n) is 6.05. The van der Waals surface area contributed by atoms with Crippen LogP contribution < -0.4 is 0 Å². The van der Waals surface area contributed by atoms with Gasteiger partial charge in [-0.3, -0.25) is 0 Å². The van der Waals surface area contributed by atoms with Gasteiger partial charge in [-0.05, 0) is 29.8 Å². The Morgan fingerprint density at radius 1 is 1.15 bits per heavy atom. The fraction of sp³-hybridized carbons (Fsp3) is 0.0625. The number of hydrogen-bond acceptors (Lipinski definition) is 3. The van der Waals surface area contributed by atoms with E-state index in [1.54, 1.807) is 36.4 Å². The van der Waals surface area contributed by atoms with Crippen LogP contribution in [0.1, 0.15) is 23.0 Å². The molecule has 0 fully saturated rings. The van der Waals surface area contributed by atoms with Crippen molar-refractivity contribution in [1.82, 2.24) is 0 Å². The van der Waals surface area contributed by atoms with Gasteiger partial charge >= 0.3 is 0 Å². The number of benzene rings is 2. The number of hydrogen-bond donors (Lipinski definition) is 1. The molecule has 1 atom stereocenters. The summed E-state index contributed by atoms with van der Waals surface area (Å²) in [6.45, 7) is 0. The Kier molecular flexibility index (Phi) is 3.19. The number of aliphatic hydroxyl groups excluding tert-OH is 1. The summed E-state index contributed by atoms with van der Waals surface area (Å²) in [6, 6.07) is 16.0. The van der Waals surface area contributed by atoms with E-state index < -0.39 is 6.10 Å². The topological polar surface area (TPSA) is 57.2 Å². The Labute approximate surface area is 120 Å². The summed E-state index contributed by atoms with van der Waals surface area (Å²) < 4.78 is 5.62. The molecule has 0 spiro atoms. The molecule has 0 aliphatic carbocycles. The van der Waals surface area contributed by atoms with Crippen molar-refractivity contribution in [1.29, 1.82) is 5.26 Å². The predicted molar refractivity (Wildman–Crippen MR) is 76.4 cm³/mol. The second kappa shape index (κ2) is 5.01. The van der Waals surface area contributed by atoms with E-state index in [0.29, 0.717) is 27.5 Å². The average molecular weight is 284 g/mol. The maximum absolute atomic E-state index is 10.4. The van der Waals surface area contributed by atoms with Gasteiger partial charge < -0.3 is 9.52 Å². The Balaban J connectivity index is 2.06. The van der Waals surface area contributed by atoms with E-state index in [0.717, 1.165) is 5.39 Å². The van der Waals surface area contributed by atoms with Gasteiger partial charge in [0.25, 0.3) is 0 Å². The Hall–Kier alpha value is -2.28. The number of halogens is 1. The molecule has 3 aromatic rings. The number of rotatable bonds is 2. The van der Waals surface area contributed by atoms with E-state index in [4.69, 9.17) is 21.3 Å². The first-order chi connectivity index (χ1) is 9.69. The Morgan fingerprint density at radius 2 is 1.95 bits per heavy atom. The van der Waals surface area contributed by atoms with Crippen LogP contribution in [-0.4, -0.2) is 5.11 Å². The second-order valence-electron chi connectivity index (χ2n) is 4.45. The molecule has 0 bridgehead atoms. The zero-order chi connectivity index (χ0) is 14.1. The van der Waals surface area contributed by atoms with Crippen molar-refractivity contribution in [2.75, 3.05) is 0 Å². The first kappa shape index (κ1) is 12.7. The summed E-state index contributed by atoms with van der Waals surface area (Å²) in [4.78, 5) is 0. The van der Waals surface area contributed by atoms with E-state index in [1.165, 1.54) is 0 Å². The molecule has 0 amide bonds. The normalized spacial score (nSPS) is 12.2. The van der Waals surface area contributed by atoms with Gasteiger partial charge in [0.1, 0.15) is 11.9 Å². The van der Waals surface area contributed by atoms with Crippen LogP contribution in [0.4, 0.5) is 0 Å². The molecule has 98 valence electrons. The maximum Gasteiger partial charge on any atom is 0.153 e. The third-order valence-corrected chi connectivity index (χ3v) is 3.41. The molecule has 0 saturated heterocycles. The Morgan fingerprint density at radius 3 is 2.70 bits per heavy atom. The summed E-state index contributed by atoms with van der Waals surface area (Å²) in [5.41, 5.74) is 1.66. The molecule has 20 heavy (non-hydrogen) atoms. The largest absolute Gasteiger partial charge is 0.456 e. The molecule has 2 aromatic carbocycles. The summed E-state index contributed by atoms with van der Waals surface area (Å²) in [5, 5.41) is 20.6. The molecule has 0 aliphatic heterocycles. The zero-order valence-corrected chi connectivity index (χ0v) is 11.1. The van der Waals surface area contributed by atoms with Crippen molar-refractivity contribution in [2.24, 2.45) is 0 Å². The van der Waals surface area contributed by atoms with E-state index >= 15 is 0 Å². The SMILES string of the molecule is N#Cc1cccc(C(O)c2cc3cccc(Cl)c3o2)c1. The van der Waals surface area contributed by atoms with E-state index in [1.807, 2.05) is 18.2 Å². The number of para-hydroxylation sites is 1. The molecule has 4 heteroatoms. The monoisotopic (exact) mass is 283 g/mol. The minimum absolute atomic E-state index is 0.406. The van der Waals surface area contributed by atoms with Crippen LogP contribution in [0.2, 0.25) is 5.02 Å². The van der Waals surface area contributed by atoms with Crippen LogP contribution in [0, 0.1) is 11.3 Å². The number of nitriles is 1. The number of aliphatic hydroxyl groups is 1. The van der Waals surface area contributed by atoms with Crippen molar-refractivity contribution in [3.05, 3.63) is 70.4 Å². The van der Waals surface area contributed by atoms with Gasteiger partial charge in [0.15, 0.2) is 5.58 Å². The van der Waals surface area contributed by atoms with Crippen molar-refractivity contribution in [3.63, 3.8) is 0 Å². The van der Waals surface area contributed by atoms with Crippen molar-refractivity contribution in [2.45, 2.75) is 6.10 Å². The van der Waals surface area contributed by atoms with E-state index in [2.05, 4.69) is 0 Å². The van der Waals surface area contributed by atoms with Crippen LogP contribution in [0.25, 0.3) is 11.0 Å². The minimum atomic E-state index is -0.924. The van der Waals surface area contributed by atoms with Crippen molar-refractivity contribution >= 4 is 22.6 Å². The van der Waals surface area contributed by atoms with Gasteiger partial charge in [0.05, 0.1) is 16.7 Å². The van der Waals surface area contributed by atoms with Gasteiger partial charge in [0, 0.05) is 5.39 Å². The van der Waals surface area contributed by atoms with Gasteiger partial charge in [-0.15, -0.1) is 0 Å². The molecule has 0 saturated carbocycles. The van der Waals surface area contributed by atoms with Crippen LogP contribution in [-0.2, 0) is 0 Å². The highest BCUT2D eigenvalue weighted by molar-refractivity contribution is 6.34. The molecule has 0 radical (unpaired) electrons. The molecule has 1 aromatic heterocycles. The molecule has 1 heterocycles. The standard InChI is InChI=1S/C16H10ClNO2/c17-13-6-2-5-12-8-14(20-16(12)13)15(19)11-4-1-3-10(7-11)9-18/h1-8,15,19H. The fourth-order valence-corrected chi connectivity index (χ4v) is 2.35. The Bertz CT molecular complexity index is 817. The van der Waals surface area contributed by atoms with Gasteiger partial charge in [-0.2, -0.15) is 5.26 Å². The smallest absolute Gasteiger partial charge is 0.153 e. The lowest BCUT2D eigenvalue weighted by Gasteiger charge is -2.07. The summed E-state index contributed by atoms with van der Waals surface area (Å²) in [6.07, 6.45) is -0.924. The molecular formula is C16H10ClNO2. The maximum atomic E-state index is 10.4. The zero-order valence-electron chi connectivity index (χ0n) is 10.4. The van der Waals surface area contributed by atoms with Crippen molar-refractivity contribution in [3.8, 4) is 6.07 Å². The summed E-state index contributed by atoms with van der Waals surface area (Å²) in [5.74, 6) is 0.406. The summed E-state index contributed by atoms with van der Waals surface area (Å²) >= 11 is 6.05. The molecule has 1 unspecified atom stereocenters. The number of furan rings is 1. The third kappa shape index (κ3) is 2.16. The predicted octanol–water partition coefficient (Wildman–Crippen LogP) is 4.04. The van der Waals surface area contributed by atoms with Crippen LogP contribution in [0.15, 0.2) is 52.9 Å². The van der Waals surface area contributed by atoms with Crippen LogP contribution in [0.3, 0.4) is 0 Å². The fourth-order valence-electron chi connectivity index (χ4n) is 2.12. The van der Waals surface area contributed by atoms with Crippen molar-refractivity contribution < 1.29 is 9.52 Å². The quantitative estimate of drug-likeness (QED) is 0.772. The molecule has 3 nitrogen and oxygen atoms in total. The molecule has 0 aliphatic rings. The molecular weight excluding hydrogens is 274 g/mol. The number of fused-ring (bicyclic) bond motifs is 1. The molecule has 3 rings (SSSR count). The number of nitrogens with zero attached hydrogens (tertiary/aromatic N) is 1. The van der Waals surface area contributed by atoms with Gasteiger partial charge in [-0.25, -0.2) is 0 Å². The lowest BCUT2D eigenvalue weighted by molar-refractivity contribution is 0.192. The van der Waals surface area contributed by atoms with Gasteiger partial charge in [-0.1, -0.05) is 35.9 Å². The van der Waals surface area contributed by atoms with Crippen LogP contribution in [0.5, 0.6) is 0 Å². The first-order valence-corrected chi connectivity index (χ1v) is 6.43. The van der Waals surface area contributed by atoms with Gasteiger partial charge in [0.2, 0.25) is 0 Å². The highest BCUT2D eigenvalue weighted by Crippen LogP contribution is 2.31. The highest BCUT2D eigenvalue weighted by Gasteiger charge is 2.17. The minimum Gasteiger partial charge on any atom is -0.456 e. The second-order valence-corrected chi connectivity index (χ2v) is 4.85.